The van der Waals surface area contributed by atoms with Gasteiger partial charge in [-0.05, 0) is 44.2 Å². The Labute approximate surface area is 118 Å². The van der Waals surface area contributed by atoms with Crippen molar-refractivity contribution in [2.45, 2.75) is 65.0 Å². The Hall–Kier alpha value is -1.02. The standard InChI is InChI=1S/C17H28N2/c1-4-7-15(18)16(5-2)19-11-6-8-14-12-13(3)9-10-17(14)19/h9-10,12,15-16H,4-8,11,18H2,1-3H3. The average Bonchev–Trinajstić information content (AvgIpc) is 2.39. The molecule has 2 rings (SSSR count). The summed E-state index contributed by atoms with van der Waals surface area (Å²) in [6.45, 7) is 7.83. The van der Waals surface area contributed by atoms with Gasteiger partial charge in [0.2, 0.25) is 0 Å². The highest BCUT2D eigenvalue weighted by atomic mass is 15.2. The summed E-state index contributed by atoms with van der Waals surface area (Å²) < 4.78 is 0. The van der Waals surface area contributed by atoms with E-state index in [0.29, 0.717) is 12.1 Å². The number of hydrogen-bond acceptors (Lipinski definition) is 2. The van der Waals surface area contributed by atoms with Gasteiger partial charge in [0.1, 0.15) is 0 Å². The van der Waals surface area contributed by atoms with E-state index >= 15 is 0 Å². The van der Waals surface area contributed by atoms with Crippen LogP contribution < -0.4 is 10.6 Å². The number of fused-ring (bicyclic) bond motifs is 1. The van der Waals surface area contributed by atoms with E-state index in [1.54, 1.807) is 0 Å². The molecule has 1 aromatic rings. The molecule has 0 fully saturated rings. The van der Waals surface area contributed by atoms with Crippen molar-refractivity contribution in [3.05, 3.63) is 29.3 Å². The minimum atomic E-state index is 0.294. The van der Waals surface area contributed by atoms with Gasteiger partial charge in [-0.2, -0.15) is 0 Å². The summed E-state index contributed by atoms with van der Waals surface area (Å²) in [5, 5.41) is 0. The number of nitrogens with two attached hydrogens (primary N) is 1. The molecule has 1 aliphatic heterocycles. The lowest BCUT2D eigenvalue weighted by Crippen LogP contribution is -2.49. The van der Waals surface area contributed by atoms with Crippen LogP contribution in [0.1, 0.15) is 50.7 Å². The molecule has 2 atom stereocenters. The number of nitrogens with zero attached hydrogens (tertiary/aromatic N) is 1. The van der Waals surface area contributed by atoms with Gasteiger partial charge in [-0.15, -0.1) is 0 Å². The highest BCUT2D eigenvalue weighted by Gasteiger charge is 2.26. The van der Waals surface area contributed by atoms with Crippen molar-refractivity contribution in [1.29, 1.82) is 0 Å². The van der Waals surface area contributed by atoms with Gasteiger partial charge in [-0.3, -0.25) is 0 Å². The van der Waals surface area contributed by atoms with Gasteiger partial charge < -0.3 is 10.6 Å². The molecule has 0 aromatic heterocycles. The van der Waals surface area contributed by atoms with Crippen molar-refractivity contribution in [2.75, 3.05) is 11.4 Å². The molecule has 2 heteroatoms. The number of benzene rings is 1. The average molecular weight is 260 g/mol. The molecule has 2 N–H and O–H groups in total. The quantitative estimate of drug-likeness (QED) is 0.875. The Kier molecular flexibility index (Phi) is 4.87. The fraction of sp³-hybridized carbons (Fsp3) is 0.647. The van der Waals surface area contributed by atoms with Gasteiger partial charge in [0.25, 0.3) is 0 Å². The van der Waals surface area contributed by atoms with Gasteiger partial charge in [0.15, 0.2) is 0 Å². The first kappa shape index (κ1) is 14.4. The lowest BCUT2D eigenvalue weighted by atomic mass is 9.93. The van der Waals surface area contributed by atoms with Crippen molar-refractivity contribution >= 4 is 5.69 Å². The molecule has 19 heavy (non-hydrogen) atoms. The van der Waals surface area contributed by atoms with Crippen molar-refractivity contribution < 1.29 is 0 Å². The van der Waals surface area contributed by atoms with Crippen molar-refractivity contribution in [3.63, 3.8) is 0 Å². The van der Waals surface area contributed by atoms with Gasteiger partial charge in [-0.25, -0.2) is 0 Å². The Balaban J connectivity index is 2.26. The molecule has 106 valence electrons. The SMILES string of the molecule is CCCC(N)C(CC)N1CCCc2cc(C)ccc21. The summed E-state index contributed by atoms with van der Waals surface area (Å²) in [7, 11) is 0. The molecular formula is C17H28N2. The summed E-state index contributed by atoms with van der Waals surface area (Å²) in [6.07, 6.45) is 5.90. The Morgan fingerprint density at radius 1 is 1.32 bits per heavy atom. The molecule has 2 unspecified atom stereocenters. The molecule has 0 spiro atoms. The van der Waals surface area contributed by atoms with Crippen LogP contribution in [0.25, 0.3) is 0 Å². The minimum Gasteiger partial charge on any atom is -0.367 e. The largest absolute Gasteiger partial charge is 0.367 e. The normalized spacial score (nSPS) is 18.0. The molecule has 0 aliphatic carbocycles. The zero-order valence-electron chi connectivity index (χ0n) is 12.7. The second-order valence-corrected chi connectivity index (χ2v) is 5.86. The van der Waals surface area contributed by atoms with E-state index in [0.717, 1.165) is 19.4 Å². The van der Waals surface area contributed by atoms with Gasteiger partial charge in [-0.1, -0.05) is 38.0 Å². The van der Waals surface area contributed by atoms with E-state index < -0.39 is 0 Å². The molecule has 1 aromatic carbocycles. The first-order chi connectivity index (χ1) is 9.17. The number of hydrogen-bond donors (Lipinski definition) is 1. The number of rotatable bonds is 5. The zero-order valence-corrected chi connectivity index (χ0v) is 12.7. The first-order valence-electron chi connectivity index (χ1n) is 7.79. The van der Waals surface area contributed by atoms with Crippen LogP contribution in [0, 0.1) is 6.92 Å². The maximum Gasteiger partial charge on any atom is 0.0438 e. The lowest BCUT2D eigenvalue weighted by Gasteiger charge is -2.40. The van der Waals surface area contributed by atoms with Gasteiger partial charge in [0, 0.05) is 24.3 Å². The van der Waals surface area contributed by atoms with Crippen LogP contribution >= 0.6 is 0 Å². The van der Waals surface area contributed by atoms with Crippen LogP contribution in [0.3, 0.4) is 0 Å². The van der Waals surface area contributed by atoms with Crippen LogP contribution in [-0.4, -0.2) is 18.6 Å². The fourth-order valence-corrected chi connectivity index (χ4v) is 3.38. The maximum absolute atomic E-state index is 6.42. The molecule has 0 saturated heterocycles. The third-order valence-electron chi connectivity index (χ3n) is 4.32. The minimum absolute atomic E-state index is 0.294. The summed E-state index contributed by atoms with van der Waals surface area (Å²) in [5.41, 5.74) is 10.7. The lowest BCUT2D eigenvalue weighted by molar-refractivity contribution is 0.436. The van der Waals surface area contributed by atoms with Crippen LogP contribution in [0.4, 0.5) is 5.69 Å². The second kappa shape index (κ2) is 6.42. The molecule has 1 heterocycles. The monoisotopic (exact) mass is 260 g/mol. The van der Waals surface area contributed by atoms with E-state index in [1.165, 1.54) is 36.1 Å². The second-order valence-electron chi connectivity index (χ2n) is 5.86. The molecule has 2 nitrogen and oxygen atoms in total. The van der Waals surface area contributed by atoms with E-state index in [1.807, 2.05) is 0 Å². The van der Waals surface area contributed by atoms with Crippen LogP contribution in [0.2, 0.25) is 0 Å². The van der Waals surface area contributed by atoms with Crippen molar-refractivity contribution in [2.24, 2.45) is 5.73 Å². The van der Waals surface area contributed by atoms with Crippen LogP contribution in [0.5, 0.6) is 0 Å². The van der Waals surface area contributed by atoms with Crippen LogP contribution in [0.15, 0.2) is 18.2 Å². The number of anilines is 1. The Morgan fingerprint density at radius 3 is 2.79 bits per heavy atom. The first-order valence-corrected chi connectivity index (χ1v) is 7.79. The summed E-state index contributed by atoms with van der Waals surface area (Å²) in [4.78, 5) is 2.57. The zero-order chi connectivity index (χ0) is 13.8. The fourth-order valence-electron chi connectivity index (χ4n) is 3.38. The van der Waals surface area contributed by atoms with Crippen molar-refractivity contribution in [1.82, 2.24) is 0 Å². The van der Waals surface area contributed by atoms with E-state index in [4.69, 9.17) is 5.73 Å². The highest BCUT2D eigenvalue weighted by molar-refractivity contribution is 5.57. The Morgan fingerprint density at radius 2 is 2.11 bits per heavy atom. The summed E-state index contributed by atoms with van der Waals surface area (Å²) >= 11 is 0. The topological polar surface area (TPSA) is 29.3 Å². The smallest absolute Gasteiger partial charge is 0.0438 e. The van der Waals surface area contributed by atoms with Gasteiger partial charge >= 0.3 is 0 Å². The highest BCUT2D eigenvalue weighted by Crippen LogP contribution is 2.31. The third kappa shape index (κ3) is 3.11. The van der Waals surface area contributed by atoms with E-state index in [-0.39, 0.29) is 0 Å². The van der Waals surface area contributed by atoms with Gasteiger partial charge in [0.05, 0.1) is 0 Å². The molecule has 0 amide bonds. The third-order valence-corrected chi connectivity index (χ3v) is 4.32. The molecular weight excluding hydrogens is 232 g/mol. The van der Waals surface area contributed by atoms with Crippen molar-refractivity contribution in [3.8, 4) is 0 Å². The predicted octanol–water partition coefficient (Wildman–Crippen LogP) is 3.65. The summed E-state index contributed by atoms with van der Waals surface area (Å²) in [5.74, 6) is 0. The Bertz CT molecular complexity index is 414. The summed E-state index contributed by atoms with van der Waals surface area (Å²) in [6, 6.07) is 7.66. The number of aryl methyl sites for hydroxylation is 2. The molecule has 0 bridgehead atoms. The van der Waals surface area contributed by atoms with E-state index in [2.05, 4.69) is 43.9 Å². The molecule has 0 radical (unpaired) electrons. The molecule has 1 aliphatic rings. The van der Waals surface area contributed by atoms with E-state index in [9.17, 15) is 0 Å². The predicted molar refractivity (Wildman–Crippen MR) is 83.8 cm³/mol. The molecule has 0 saturated carbocycles. The maximum atomic E-state index is 6.42. The van der Waals surface area contributed by atoms with Crippen LogP contribution in [-0.2, 0) is 6.42 Å².